The van der Waals surface area contributed by atoms with Gasteiger partial charge in [-0.25, -0.2) is 13.1 Å². The van der Waals surface area contributed by atoms with Gasteiger partial charge in [-0.15, -0.1) is 11.6 Å². The number of sulfonamides is 1. The van der Waals surface area contributed by atoms with Crippen molar-refractivity contribution >= 4 is 21.6 Å². The molecule has 0 aromatic carbocycles. The number of halogens is 1. The Labute approximate surface area is 90.0 Å². The Hall–Kier alpha value is 0.160. The molecular weight excluding hydrogens is 226 g/mol. The maximum Gasteiger partial charge on any atom is 0.211 e. The minimum atomic E-state index is -3.12. The summed E-state index contributed by atoms with van der Waals surface area (Å²) in [7, 11) is -3.12. The first-order chi connectivity index (χ1) is 6.64. The van der Waals surface area contributed by atoms with Gasteiger partial charge in [-0.1, -0.05) is 0 Å². The molecule has 1 unspecified atom stereocenters. The Balaban J connectivity index is 2.21. The van der Waals surface area contributed by atoms with Crippen molar-refractivity contribution in [1.82, 2.24) is 4.72 Å². The van der Waals surface area contributed by atoms with Crippen LogP contribution in [0, 0.1) is 5.92 Å². The van der Waals surface area contributed by atoms with Crippen molar-refractivity contribution in [1.29, 1.82) is 0 Å². The predicted octanol–water partition coefficient (Wildman–Crippen LogP) is 0.571. The van der Waals surface area contributed by atoms with Gasteiger partial charge < -0.3 is 4.74 Å². The van der Waals surface area contributed by atoms with Crippen LogP contribution in [0.1, 0.15) is 12.8 Å². The average molecular weight is 242 g/mol. The van der Waals surface area contributed by atoms with E-state index in [1.54, 1.807) is 0 Å². The summed E-state index contributed by atoms with van der Waals surface area (Å²) in [6.07, 6.45) is 1.44. The molecule has 0 aliphatic carbocycles. The lowest BCUT2D eigenvalue weighted by Crippen LogP contribution is -2.31. The van der Waals surface area contributed by atoms with Gasteiger partial charge in [0.15, 0.2) is 0 Å². The molecule has 0 spiro atoms. The molecule has 0 radical (unpaired) electrons. The van der Waals surface area contributed by atoms with Gasteiger partial charge in [0.05, 0.1) is 12.4 Å². The number of hydrogen-bond acceptors (Lipinski definition) is 3. The Morgan fingerprint density at radius 1 is 1.50 bits per heavy atom. The highest BCUT2D eigenvalue weighted by Crippen LogP contribution is 2.11. The van der Waals surface area contributed by atoms with E-state index in [4.69, 9.17) is 16.3 Å². The second kappa shape index (κ2) is 5.90. The zero-order chi connectivity index (χ0) is 10.4. The molecule has 1 aliphatic heterocycles. The van der Waals surface area contributed by atoms with Crippen LogP contribution in [-0.4, -0.2) is 39.8 Å². The minimum absolute atomic E-state index is 0.115. The normalized spacial score (nSPS) is 22.8. The third-order valence-corrected chi connectivity index (χ3v) is 3.86. The van der Waals surface area contributed by atoms with Gasteiger partial charge in [0, 0.05) is 19.0 Å². The van der Waals surface area contributed by atoms with Crippen molar-refractivity contribution in [2.45, 2.75) is 12.8 Å². The van der Waals surface area contributed by atoms with Crippen molar-refractivity contribution in [2.24, 2.45) is 5.92 Å². The molecule has 84 valence electrons. The Morgan fingerprint density at radius 2 is 2.29 bits per heavy atom. The van der Waals surface area contributed by atoms with Gasteiger partial charge in [-0.3, -0.25) is 0 Å². The van der Waals surface area contributed by atoms with Crippen LogP contribution in [0.5, 0.6) is 0 Å². The second-order valence-corrected chi connectivity index (χ2v) is 5.74. The quantitative estimate of drug-likeness (QED) is 0.692. The lowest BCUT2D eigenvalue weighted by Gasteiger charge is -2.09. The molecule has 1 atom stereocenters. The minimum Gasteiger partial charge on any atom is -0.381 e. The summed E-state index contributed by atoms with van der Waals surface area (Å²) in [4.78, 5) is 0. The first kappa shape index (κ1) is 12.2. The van der Waals surface area contributed by atoms with Gasteiger partial charge in [-0.05, 0) is 18.8 Å². The lowest BCUT2D eigenvalue weighted by atomic mass is 10.1. The van der Waals surface area contributed by atoms with Gasteiger partial charge >= 0.3 is 0 Å². The van der Waals surface area contributed by atoms with Gasteiger partial charge in [-0.2, -0.15) is 0 Å². The van der Waals surface area contributed by atoms with Crippen LogP contribution < -0.4 is 4.72 Å². The summed E-state index contributed by atoms with van der Waals surface area (Å²) in [6.45, 7) is 1.90. The van der Waals surface area contributed by atoms with E-state index in [0.29, 0.717) is 31.4 Å². The topological polar surface area (TPSA) is 55.4 Å². The molecule has 1 N–H and O–H groups in total. The molecule has 1 aliphatic rings. The molecule has 0 bridgehead atoms. The smallest absolute Gasteiger partial charge is 0.211 e. The van der Waals surface area contributed by atoms with Crippen molar-refractivity contribution < 1.29 is 13.2 Å². The van der Waals surface area contributed by atoms with Gasteiger partial charge in [0.2, 0.25) is 10.0 Å². The summed E-state index contributed by atoms with van der Waals surface area (Å²) < 4.78 is 30.4. The van der Waals surface area contributed by atoms with Gasteiger partial charge in [0.1, 0.15) is 0 Å². The van der Waals surface area contributed by atoms with Crippen LogP contribution in [0.3, 0.4) is 0 Å². The van der Waals surface area contributed by atoms with E-state index < -0.39 is 10.0 Å². The van der Waals surface area contributed by atoms with Gasteiger partial charge in [0.25, 0.3) is 0 Å². The largest absolute Gasteiger partial charge is 0.381 e. The zero-order valence-corrected chi connectivity index (χ0v) is 9.61. The van der Waals surface area contributed by atoms with Crippen LogP contribution in [-0.2, 0) is 14.8 Å². The molecular formula is C8H16ClNO3S. The third-order valence-electron chi connectivity index (χ3n) is 2.16. The van der Waals surface area contributed by atoms with Crippen LogP contribution >= 0.6 is 11.6 Å². The Morgan fingerprint density at radius 3 is 2.86 bits per heavy atom. The molecule has 1 rings (SSSR count). The van der Waals surface area contributed by atoms with E-state index in [1.165, 1.54) is 0 Å². The molecule has 0 aromatic rings. The molecule has 1 heterocycles. The highest BCUT2D eigenvalue weighted by Gasteiger charge is 2.18. The monoisotopic (exact) mass is 241 g/mol. The second-order valence-electron chi connectivity index (χ2n) is 3.44. The van der Waals surface area contributed by atoms with Crippen LogP contribution in [0.15, 0.2) is 0 Å². The number of alkyl halides is 1. The number of nitrogens with one attached hydrogen (secondary N) is 1. The van der Waals surface area contributed by atoms with E-state index in [-0.39, 0.29) is 5.75 Å². The van der Waals surface area contributed by atoms with E-state index in [9.17, 15) is 8.42 Å². The lowest BCUT2D eigenvalue weighted by molar-refractivity contribution is 0.186. The summed E-state index contributed by atoms with van der Waals surface area (Å²) in [6, 6.07) is 0. The molecule has 4 nitrogen and oxygen atoms in total. The fraction of sp³-hybridized carbons (Fsp3) is 1.00. The molecule has 0 aromatic heterocycles. The SMILES string of the molecule is O=S(=O)(CCCCl)NCC1CCOC1. The van der Waals surface area contributed by atoms with Crippen molar-refractivity contribution in [3.05, 3.63) is 0 Å². The fourth-order valence-corrected chi connectivity index (χ4v) is 2.76. The van der Waals surface area contributed by atoms with E-state index in [2.05, 4.69) is 4.72 Å². The number of ether oxygens (including phenoxy) is 1. The number of hydrogen-bond donors (Lipinski definition) is 1. The molecule has 6 heteroatoms. The van der Waals surface area contributed by atoms with Crippen molar-refractivity contribution in [3.63, 3.8) is 0 Å². The zero-order valence-electron chi connectivity index (χ0n) is 8.04. The molecule has 0 amide bonds. The highest BCUT2D eigenvalue weighted by molar-refractivity contribution is 7.89. The molecule has 1 saturated heterocycles. The van der Waals surface area contributed by atoms with Crippen LogP contribution in [0.4, 0.5) is 0 Å². The van der Waals surface area contributed by atoms with E-state index >= 15 is 0 Å². The summed E-state index contributed by atoms with van der Waals surface area (Å²) in [5.41, 5.74) is 0. The third kappa shape index (κ3) is 4.59. The maximum atomic E-state index is 11.3. The number of rotatable bonds is 6. The standard InChI is InChI=1S/C8H16ClNO3S/c9-3-1-5-14(11,12)10-6-8-2-4-13-7-8/h8,10H,1-7H2. The Bertz CT molecular complexity index is 249. The first-order valence-corrected chi connectivity index (χ1v) is 6.94. The summed E-state index contributed by atoms with van der Waals surface area (Å²) in [5.74, 6) is 0.832. The first-order valence-electron chi connectivity index (χ1n) is 4.75. The fourth-order valence-electron chi connectivity index (χ4n) is 1.31. The summed E-state index contributed by atoms with van der Waals surface area (Å²) >= 11 is 5.42. The molecule has 1 fully saturated rings. The average Bonchev–Trinajstić information content (AvgIpc) is 2.64. The predicted molar refractivity (Wildman–Crippen MR) is 56.1 cm³/mol. The van der Waals surface area contributed by atoms with E-state index in [0.717, 1.165) is 13.0 Å². The van der Waals surface area contributed by atoms with E-state index in [1.807, 2.05) is 0 Å². The van der Waals surface area contributed by atoms with Crippen LogP contribution in [0.2, 0.25) is 0 Å². The van der Waals surface area contributed by atoms with Crippen molar-refractivity contribution in [3.8, 4) is 0 Å². The summed E-state index contributed by atoms with van der Waals surface area (Å²) in [5, 5.41) is 0. The Kier molecular flexibility index (Phi) is 5.15. The van der Waals surface area contributed by atoms with Crippen molar-refractivity contribution in [2.75, 3.05) is 31.4 Å². The maximum absolute atomic E-state index is 11.3. The molecule has 0 saturated carbocycles. The van der Waals surface area contributed by atoms with Crippen LogP contribution in [0.25, 0.3) is 0 Å². The molecule has 14 heavy (non-hydrogen) atoms. The highest BCUT2D eigenvalue weighted by atomic mass is 35.5.